The zero-order chi connectivity index (χ0) is 10.6. The third kappa shape index (κ3) is 3.04. The van der Waals surface area contributed by atoms with Crippen LogP contribution in [0.25, 0.3) is 0 Å². The summed E-state index contributed by atoms with van der Waals surface area (Å²) in [5.74, 6) is 0. The zero-order valence-electron chi connectivity index (χ0n) is 9.25. The molecule has 0 amide bonds. The molecule has 2 rings (SSSR count). The normalized spacial score (nSPS) is 17.9. The molecule has 84 valence electrons. The van der Waals surface area contributed by atoms with Gasteiger partial charge in [0.15, 0.2) is 0 Å². The summed E-state index contributed by atoms with van der Waals surface area (Å²) in [6.45, 7) is 2.86. The Labute approximate surface area is 90.4 Å². The first-order valence-corrected chi connectivity index (χ1v) is 5.53. The molecule has 2 N–H and O–H groups in total. The van der Waals surface area contributed by atoms with Crippen LogP contribution in [0.4, 0.5) is 0 Å². The first kappa shape index (κ1) is 10.6. The molecule has 1 fully saturated rings. The topological polar surface area (TPSA) is 49.9 Å². The second kappa shape index (κ2) is 4.77. The molecule has 15 heavy (non-hydrogen) atoms. The zero-order valence-corrected chi connectivity index (χ0v) is 9.25. The molecule has 0 aliphatic heterocycles. The van der Waals surface area contributed by atoms with Crippen LogP contribution in [0, 0.1) is 5.41 Å². The number of H-pyrrole nitrogens is 1. The highest BCUT2D eigenvalue weighted by atomic mass is 16.5. The molecular formula is C11H19N3O. The van der Waals surface area contributed by atoms with E-state index in [1.165, 1.54) is 19.3 Å². The fraction of sp³-hybridized carbons (Fsp3) is 0.727. The number of hydrogen-bond donors (Lipinski definition) is 2. The fourth-order valence-electron chi connectivity index (χ4n) is 1.86. The lowest BCUT2D eigenvalue weighted by Crippen LogP contribution is -2.24. The van der Waals surface area contributed by atoms with Gasteiger partial charge in [-0.3, -0.25) is 5.10 Å². The van der Waals surface area contributed by atoms with Gasteiger partial charge in [0.25, 0.3) is 0 Å². The number of aromatic amines is 1. The van der Waals surface area contributed by atoms with Gasteiger partial charge in [0.2, 0.25) is 0 Å². The van der Waals surface area contributed by atoms with Gasteiger partial charge >= 0.3 is 0 Å². The third-order valence-corrected chi connectivity index (χ3v) is 3.17. The Balaban J connectivity index is 1.65. The number of nitrogens with one attached hydrogen (secondary N) is 2. The molecule has 1 aromatic heterocycles. The summed E-state index contributed by atoms with van der Waals surface area (Å²) in [6.07, 6.45) is 5.65. The molecule has 0 bridgehead atoms. The number of methoxy groups -OCH3 is 1. The maximum absolute atomic E-state index is 5.13. The van der Waals surface area contributed by atoms with Gasteiger partial charge in [-0.25, -0.2) is 0 Å². The van der Waals surface area contributed by atoms with Crippen molar-refractivity contribution in [3.8, 4) is 0 Å². The van der Waals surface area contributed by atoms with Gasteiger partial charge in [0, 0.05) is 38.7 Å². The van der Waals surface area contributed by atoms with Crippen LogP contribution in [-0.2, 0) is 11.3 Å². The minimum absolute atomic E-state index is 0.524. The molecule has 1 saturated carbocycles. The standard InChI is InChI=1S/C11H19N3O/c1-15-7-5-11(3-4-11)9-12-8-10-2-6-13-14-10/h2,6,12H,3-5,7-9H2,1H3,(H,13,14). The predicted molar refractivity (Wildman–Crippen MR) is 58.5 cm³/mol. The Morgan fingerprint density at radius 3 is 3.07 bits per heavy atom. The minimum Gasteiger partial charge on any atom is -0.385 e. The number of aromatic nitrogens is 2. The van der Waals surface area contributed by atoms with E-state index in [4.69, 9.17) is 4.74 Å². The van der Waals surface area contributed by atoms with E-state index < -0.39 is 0 Å². The lowest BCUT2D eigenvalue weighted by Gasteiger charge is -2.14. The van der Waals surface area contributed by atoms with Crippen molar-refractivity contribution in [3.05, 3.63) is 18.0 Å². The van der Waals surface area contributed by atoms with Gasteiger partial charge in [-0.05, 0) is 30.7 Å². The van der Waals surface area contributed by atoms with Gasteiger partial charge in [-0.1, -0.05) is 0 Å². The summed E-state index contributed by atoms with van der Waals surface area (Å²) in [7, 11) is 1.77. The van der Waals surface area contributed by atoms with Gasteiger partial charge in [0.05, 0.1) is 0 Å². The maximum atomic E-state index is 5.13. The molecule has 0 aromatic carbocycles. The van der Waals surface area contributed by atoms with E-state index in [1.54, 1.807) is 13.3 Å². The van der Waals surface area contributed by atoms with Crippen molar-refractivity contribution >= 4 is 0 Å². The van der Waals surface area contributed by atoms with Crippen molar-refractivity contribution in [1.82, 2.24) is 15.5 Å². The quantitative estimate of drug-likeness (QED) is 0.712. The minimum atomic E-state index is 0.524. The number of nitrogens with zero attached hydrogens (tertiary/aromatic N) is 1. The molecular weight excluding hydrogens is 190 g/mol. The summed E-state index contributed by atoms with van der Waals surface area (Å²) in [5, 5.41) is 10.3. The van der Waals surface area contributed by atoms with Gasteiger partial charge in [-0.15, -0.1) is 0 Å². The first-order valence-electron chi connectivity index (χ1n) is 5.53. The Morgan fingerprint density at radius 1 is 1.60 bits per heavy atom. The van der Waals surface area contributed by atoms with Crippen LogP contribution in [0.5, 0.6) is 0 Å². The maximum Gasteiger partial charge on any atom is 0.0490 e. The Hall–Kier alpha value is -0.870. The van der Waals surface area contributed by atoms with Crippen molar-refractivity contribution in [3.63, 3.8) is 0 Å². The Kier molecular flexibility index (Phi) is 3.38. The molecule has 0 radical (unpaired) electrons. The van der Waals surface area contributed by atoms with E-state index in [2.05, 4.69) is 15.5 Å². The van der Waals surface area contributed by atoms with E-state index in [-0.39, 0.29) is 0 Å². The lowest BCUT2D eigenvalue weighted by molar-refractivity contribution is 0.171. The average Bonchev–Trinajstić information content (AvgIpc) is 2.81. The van der Waals surface area contributed by atoms with E-state index >= 15 is 0 Å². The summed E-state index contributed by atoms with van der Waals surface area (Å²) in [4.78, 5) is 0. The van der Waals surface area contributed by atoms with Crippen LogP contribution < -0.4 is 5.32 Å². The molecule has 0 atom stereocenters. The summed E-state index contributed by atoms with van der Waals surface area (Å²) >= 11 is 0. The van der Waals surface area contributed by atoms with Gasteiger partial charge in [-0.2, -0.15) is 5.10 Å². The van der Waals surface area contributed by atoms with Crippen LogP contribution in [0.2, 0.25) is 0 Å². The van der Waals surface area contributed by atoms with Gasteiger partial charge < -0.3 is 10.1 Å². The molecule has 1 heterocycles. The first-order chi connectivity index (χ1) is 7.35. The molecule has 1 aromatic rings. The molecule has 1 aliphatic carbocycles. The molecule has 1 aliphatic rings. The molecule has 0 unspecified atom stereocenters. The lowest BCUT2D eigenvalue weighted by atomic mass is 10.0. The van der Waals surface area contributed by atoms with E-state index in [0.717, 1.165) is 25.4 Å². The van der Waals surface area contributed by atoms with Crippen molar-refractivity contribution in [2.24, 2.45) is 5.41 Å². The second-order valence-electron chi connectivity index (χ2n) is 4.43. The van der Waals surface area contributed by atoms with Crippen molar-refractivity contribution in [1.29, 1.82) is 0 Å². The summed E-state index contributed by atoms with van der Waals surface area (Å²) < 4.78 is 5.13. The van der Waals surface area contributed by atoms with Crippen LogP contribution in [0.3, 0.4) is 0 Å². The molecule has 0 saturated heterocycles. The van der Waals surface area contributed by atoms with Crippen LogP contribution in [0.1, 0.15) is 25.0 Å². The van der Waals surface area contributed by atoms with E-state index in [9.17, 15) is 0 Å². The highest BCUT2D eigenvalue weighted by molar-refractivity contribution is 4.99. The summed E-state index contributed by atoms with van der Waals surface area (Å²) in [6, 6.07) is 2.00. The number of hydrogen-bond acceptors (Lipinski definition) is 3. The Morgan fingerprint density at radius 2 is 2.47 bits per heavy atom. The SMILES string of the molecule is COCCC1(CNCc2ccn[nH]2)CC1. The summed E-state index contributed by atoms with van der Waals surface area (Å²) in [5.41, 5.74) is 1.67. The van der Waals surface area contributed by atoms with Crippen LogP contribution in [0.15, 0.2) is 12.3 Å². The fourth-order valence-corrected chi connectivity index (χ4v) is 1.86. The monoisotopic (exact) mass is 209 g/mol. The van der Waals surface area contributed by atoms with E-state index in [1.807, 2.05) is 6.07 Å². The van der Waals surface area contributed by atoms with E-state index in [0.29, 0.717) is 5.41 Å². The highest BCUT2D eigenvalue weighted by Crippen LogP contribution is 2.48. The molecule has 4 nitrogen and oxygen atoms in total. The number of rotatable bonds is 7. The van der Waals surface area contributed by atoms with Crippen molar-refractivity contribution in [2.45, 2.75) is 25.8 Å². The van der Waals surface area contributed by atoms with Crippen LogP contribution >= 0.6 is 0 Å². The molecule has 0 spiro atoms. The predicted octanol–water partition coefficient (Wildman–Crippen LogP) is 1.32. The third-order valence-electron chi connectivity index (χ3n) is 3.17. The largest absolute Gasteiger partial charge is 0.385 e. The van der Waals surface area contributed by atoms with Crippen molar-refractivity contribution < 1.29 is 4.74 Å². The highest BCUT2D eigenvalue weighted by Gasteiger charge is 2.41. The van der Waals surface area contributed by atoms with Gasteiger partial charge in [0.1, 0.15) is 0 Å². The molecule has 4 heteroatoms. The second-order valence-corrected chi connectivity index (χ2v) is 4.43. The number of ether oxygens (including phenoxy) is 1. The van der Waals surface area contributed by atoms with Crippen molar-refractivity contribution in [2.75, 3.05) is 20.3 Å². The van der Waals surface area contributed by atoms with Crippen LogP contribution in [-0.4, -0.2) is 30.5 Å². The Bertz CT molecular complexity index is 280. The smallest absolute Gasteiger partial charge is 0.0490 e. The average molecular weight is 209 g/mol.